The highest BCUT2D eigenvalue weighted by molar-refractivity contribution is 5.29. The van der Waals surface area contributed by atoms with Gasteiger partial charge >= 0.3 is 0 Å². The maximum Gasteiger partial charge on any atom is 0.103 e. The van der Waals surface area contributed by atoms with Crippen LogP contribution in [-0.2, 0) is 6.54 Å². The van der Waals surface area contributed by atoms with Crippen molar-refractivity contribution in [1.82, 2.24) is 9.78 Å². The average Bonchev–Trinajstić information content (AvgIpc) is 2.46. The molecule has 70 valence electrons. The Hall–Kier alpha value is -1.34. The molecular weight excluding hydrogens is 166 g/mol. The van der Waals surface area contributed by atoms with Crippen LogP contribution in [0.3, 0.4) is 0 Å². The molecule has 0 spiro atoms. The first-order chi connectivity index (χ1) is 6.17. The minimum atomic E-state index is -0.383. The zero-order valence-corrected chi connectivity index (χ0v) is 7.86. The topological polar surface area (TPSA) is 61.8 Å². The van der Waals surface area contributed by atoms with Gasteiger partial charge in [-0.3, -0.25) is 4.68 Å². The molecule has 13 heavy (non-hydrogen) atoms. The highest BCUT2D eigenvalue weighted by Crippen LogP contribution is 2.04. The quantitative estimate of drug-likeness (QED) is 0.747. The Kier molecular flexibility index (Phi) is 3.04. The molecule has 0 saturated carbocycles. The lowest BCUT2D eigenvalue weighted by atomic mass is 10.3. The molecule has 1 rings (SSSR count). The predicted molar refractivity (Wildman–Crippen MR) is 48.0 cm³/mol. The van der Waals surface area contributed by atoms with Gasteiger partial charge < -0.3 is 5.11 Å². The maximum atomic E-state index is 9.34. The fraction of sp³-hybridized carbons (Fsp3) is 0.556. The van der Waals surface area contributed by atoms with Crippen LogP contribution in [0, 0.1) is 18.3 Å². The molecule has 0 aliphatic carbocycles. The van der Waals surface area contributed by atoms with Crippen molar-refractivity contribution >= 4 is 0 Å². The molecule has 0 fully saturated rings. The number of aliphatic hydroxyl groups excluding tert-OH is 1. The number of aryl methyl sites for hydroxylation is 1. The van der Waals surface area contributed by atoms with Gasteiger partial charge in [-0.05, 0) is 13.3 Å². The summed E-state index contributed by atoms with van der Waals surface area (Å²) in [7, 11) is 0. The van der Waals surface area contributed by atoms with Crippen molar-refractivity contribution in [3.05, 3.63) is 17.5 Å². The van der Waals surface area contributed by atoms with E-state index in [1.807, 2.05) is 13.0 Å². The molecule has 1 N–H and O–H groups in total. The summed E-state index contributed by atoms with van der Waals surface area (Å²) in [5, 5.41) is 22.1. The van der Waals surface area contributed by atoms with Crippen LogP contribution < -0.4 is 0 Å². The van der Waals surface area contributed by atoms with Crippen molar-refractivity contribution in [2.24, 2.45) is 0 Å². The summed E-state index contributed by atoms with van der Waals surface area (Å²) in [5.74, 6) is 0. The number of rotatable bonds is 3. The Morgan fingerprint density at radius 3 is 2.92 bits per heavy atom. The van der Waals surface area contributed by atoms with Gasteiger partial charge in [0.2, 0.25) is 0 Å². The van der Waals surface area contributed by atoms with Crippen molar-refractivity contribution in [1.29, 1.82) is 5.26 Å². The number of aromatic nitrogens is 2. The normalized spacial score (nSPS) is 12.5. The Bertz CT molecular complexity index is 324. The molecule has 1 heterocycles. The van der Waals surface area contributed by atoms with Crippen molar-refractivity contribution in [3.63, 3.8) is 0 Å². The first-order valence-corrected chi connectivity index (χ1v) is 4.29. The largest absolute Gasteiger partial charge is 0.391 e. The Labute approximate surface area is 77.4 Å². The highest BCUT2D eigenvalue weighted by atomic mass is 16.3. The van der Waals surface area contributed by atoms with E-state index >= 15 is 0 Å². The molecule has 0 saturated heterocycles. The number of aliphatic hydroxyl groups is 1. The van der Waals surface area contributed by atoms with E-state index < -0.39 is 0 Å². The Balaban J connectivity index is 2.75. The van der Waals surface area contributed by atoms with Crippen molar-refractivity contribution in [2.45, 2.75) is 32.9 Å². The predicted octanol–water partition coefficient (Wildman–Crippen LogP) is 0.834. The van der Waals surface area contributed by atoms with Gasteiger partial charge in [0.15, 0.2) is 0 Å². The third kappa shape index (κ3) is 2.30. The van der Waals surface area contributed by atoms with Crippen LogP contribution in [-0.4, -0.2) is 21.0 Å². The molecule has 1 atom stereocenters. The molecule has 0 amide bonds. The van der Waals surface area contributed by atoms with E-state index in [4.69, 9.17) is 5.26 Å². The Morgan fingerprint density at radius 2 is 2.46 bits per heavy atom. The van der Waals surface area contributed by atoms with Crippen molar-refractivity contribution < 1.29 is 5.11 Å². The molecule has 0 aliphatic heterocycles. The number of nitrogens with zero attached hydrogens (tertiary/aromatic N) is 3. The maximum absolute atomic E-state index is 9.34. The molecule has 4 nitrogen and oxygen atoms in total. The van der Waals surface area contributed by atoms with Gasteiger partial charge in [-0.15, -0.1) is 0 Å². The molecule has 0 aromatic carbocycles. The van der Waals surface area contributed by atoms with Crippen LogP contribution in [0.4, 0.5) is 0 Å². The summed E-state index contributed by atoms with van der Waals surface area (Å²) in [5.41, 5.74) is 1.29. The second kappa shape index (κ2) is 4.06. The van der Waals surface area contributed by atoms with Crippen LogP contribution in [0.25, 0.3) is 0 Å². The van der Waals surface area contributed by atoms with E-state index in [-0.39, 0.29) is 6.10 Å². The minimum absolute atomic E-state index is 0.383. The smallest absolute Gasteiger partial charge is 0.103 e. The van der Waals surface area contributed by atoms with Gasteiger partial charge in [0.1, 0.15) is 6.07 Å². The Morgan fingerprint density at radius 1 is 1.77 bits per heavy atom. The van der Waals surface area contributed by atoms with Crippen LogP contribution >= 0.6 is 0 Å². The van der Waals surface area contributed by atoms with Gasteiger partial charge in [0, 0.05) is 6.20 Å². The third-order valence-electron chi connectivity index (χ3n) is 1.94. The number of hydrogen-bond acceptors (Lipinski definition) is 3. The summed E-state index contributed by atoms with van der Waals surface area (Å²) in [4.78, 5) is 0. The molecule has 1 aromatic rings. The molecular formula is C9H13N3O. The van der Waals surface area contributed by atoms with Crippen molar-refractivity contribution in [3.8, 4) is 6.07 Å². The SMILES string of the molecule is CC[C@H](O)Cn1cc(C#N)c(C)n1. The molecule has 0 radical (unpaired) electrons. The summed E-state index contributed by atoms with van der Waals surface area (Å²) >= 11 is 0. The summed E-state index contributed by atoms with van der Waals surface area (Å²) < 4.78 is 1.61. The molecule has 0 unspecified atom stereocenters. The summed E-state index contributed by atoms with van der Waals surface area (Å²) in [6.45, 7) is 4.15. The van der Waals surface area contributed by atoms with Gasteiger partial charge in [-0.2, -0.15) is 10.4 Å². The number of hydrogen-bond donors (Lipinski definition) is 1. The third-order valence-corrected chi connectivity index (χ3v) is 1.94. The minimum Gasteiger partial charge on any atom is -0.391 e. The first kappa shape index (κ1) is 9.75. The molecule has 1 aromatic heterocycles. The fourth-order valence-corrected chi connectivity index (χ4v) is 1.07. The van der Waals surface area contributed by atoms with Crippen LogP contribution in [0.2, 0.25) is 0 Å². The summed E-state index contributed by atoms with van der Waals surface area (Å²) in [6.07, 6.45) is 1.97. The first-order valence-electron chi connectivity index (χ1n) is 4.29. The zero-order valence-electron chi connectivity index (χ0n) is 7.86. The lowest BCUT2D eigenvalue weighted by Crippen LogP contribution is -2.14. The van der Waals surface area contributed by atoms with E-state index in [0.29, 0.717) is 24.2 Å². The van der Waals surface area contributed by atoms with E-state index in [9.17, 15) is 5.11 Å². The lowest BCUT2D eigenvalue weighted by Gasteiger charge is -2.06. The van der Waals surface area contributed by atoms with Gasteiger partial charge in [-0.1, -0.05) is 6.92 Å². The second-order valence-electron chi connectivity index (χ2n) is 3.02. The lowest BCUT2D eigenvalue weighted by molar-refractivity contribution is 0.145. The molecule has 4 heteroatoms. The zero-order chi connectivity index (χ0) is 9.84. The van der Waals surface area contributed by atoms with Crippen LogP contribution in [0.15, 0.2) is 6.20 Å². The van der Waals surface area contributed by atoms with Crippen LogP contribution in [0.1, 0.15) is 24.6 Å². The van der Waals surface area contributed by atoms with Gasteiger partial charge in [0.05, 0.1) is 23.9 Å². The number of nitriles is 1. The monoisotopic (exact) mass is 179 g/mol. The van der Waals surface area contributed by atoms with E-state index in [1.165, 1.54) is 0 Å². The summed E-state index contributed by atoms with van der Waals surface area (Å²) in [6, 6.07) is 2.04. The average molecular weight is 179 g/mol. The fourth-order valence-electron chi connectivity index (χ4n) is 1.07. The van der Waals surface area contributed by atoms with E-state index in [0.717, 1.165) is 0 Å². The standard InChI is InChI=1S/C9H13N3O/c1-3-9(13)6-12-5-8(4-10)7(2)11-12/h5,9,13H,3,6H2,1-2H3/t9-/m0/s1. The van der Waals surface area contributed by atoms with Crippen molar-refractivity contribution in [2.75, 3.05) is 0 Å². The van der Waals surface area contributed by atoms with Gasteiger partial charge in [0.25, 0.3) is 0 Å². The molecule has 0 aliphatic rings. The molecule has 0 bridgehead atoms. The highest BCUT2D eigenvalue weighted by Gasteiger charge is 2.06. The van der Waals surface area contributed by atoms with E-state index in [1.54, 1.807) is 17.8 Å². The second-order valence-corrected chi connectivity index (χ2v) is 3.02. The van der Waals surface area contributed by atoms with Crippen LogP contribution in [0.5, 0.6) is 0 Å². The van der Waals surface area contributed by atoms with E-state index in [2.05, 4.69) is 5.10 Å². The van der Waals surface area contributed by atoms with Gasteiger partial charge in [-0.25, -0.2) is 0 Å².